The average molecular weight is 497 g/mol. The Hall–Kier alpha value is -2.31. The quantitative estimate of drug-likeness (QED) is 0.355. The van der Waals surface area contributed by atoms with Gasteiger partial charge in [-0.25, -0.2) is 8.78 Å². The van der Waals surface area contributed by atoms with Crippen molar-refractivity contribution >= 4 is 0 Å². The van der Waals surface area contributed by atoms with Crippen molar-refractivity contribution in [2.75, 3.05) is 0 Å². The third kappa shape index (κ3) is 6.68. The molecule has 35 heavy (non-hydrogen) atoms. The second kappa shape index (κ2) is 11.2. The van der Waals surface area contributed by atoms with Crippen LogP contribution in [-0.4, -0.2) is 6.36 Å². The van der Waals surface area contributed by atoms with E-state index in [1.165, 1.54) is 62.8 Å². The van der Waals surface area contributed by atoms with E-state index in [1.807, 2.05) is 0 Å². The Morgan fingerprint density at radius 2 is 1.34 bits per heavy atom. The molecule has 7 heteroatoms. The Morgan fingerprint density at radius 1 is 0.771 bits per heavy atom. The van der Waals surface area contributed by atoms with Crippen LogP contribution in [0.1, 0.15) is 82.6 Å². The molecule has 0 aromatic heterocycles. The first kappa shape index (κ1) is 25.8. The molecule has 2 fully saturated rings. The lowest BCUT2D eigenvalue weighted by molar-refractivity contribution is -0.274. The molecule has 0 heterocycles. The summed E-state index contributed by atoms with van der Waals surface area (Å²) in [6.45, 7) is 2.24. The van der Waals surface area contributed by atoms with E-state index in [0.717, 1.165) is 49.7 Å². The maximum Gasteiger partial charge on any atom is 0.573 e. The van der Waals surface area contributed by atoms with Crippen LogP contribution in [0.15, 0.2) is 36.4 Å². The molecule has 0 spiro atoms. The molecule has 0 atom stereocenters. The lowest BCUT2D eigenvalue weighted by atomic mass is 9.68. The lowest BCUT2D eigenvalue weighted by Crippen LogP contribution is -2.26. The number of hydrogen-bond acceptors (Lipinski definition) is 2. The fraction of sp³-hybridized carbons (Fsp3) is 0.571. The van der Waals surface area contributed by atoms with Crippen LogP contribution in [0, 0.1) is 29.4 Å². The normalized spacial score (nSPS) is 25.3. The molecule has 0 N–H and O–H groups in total. The summed E-state index contributed by atoms with van der Waals surface area (Å²) in [4.78, 5) is 0. The molecule has 0 amide bonds. The van der Waals surface area contributed by atoms with Crippen molar-refractivity contribution in [2.24, 2.45) is 17.8 Å². The van der Waals surface area contributed by atoms with Crippen molar-refractivity contribution in [1.29, 1.82) is 0 Å². The van der Waals surface area contributed by atoms with Crippen molar-refractivity contribution in [3.8, 4) is 17.2 Å². The molecular weight excluding hydrogens is 463 g/mol. The van der Waals surface area contributed by atoms with Gasteiger partial charge in [0.05, 0.1) is 0 Å². The Morgan fingerprint density at radius 3 is 1.91 bits per heavy atom. The first-order chi connectivity index (χ1) is 16.7. The molecule has 2 aliphatic carbocycles. The van der Waals surface area contributed by atoms with E-state index in [4.69, 9.17) is 4.74 Å². The van der Waals surface area contributed by atoms with Crippen LogP contribution >= 0.6 is 0 Å². The molecule has 2 aromatic carbocycles. The van der Waals surface area contributed by atoms with Crippen molar-refractivity contribution in [3.63, 3.8) is 0 Å². The molecule has 2 aromatic rings. The molecule has 4 rings (SSSR count). The van der Waals surface area contributed by atoms with Crippen molar-refractivity contribution in [2.45, 2.75) is 83.4 Å². The number of ether oxygens (including phenoxy) is 2. The largest absolute Gasteiger partial charge is 0.573 e. The Labute approximate surface area is 203 Å². The van der Waals surface area contributed by atoms with Gasteiger partial charge < -0.3 is 9.47 Å². The smallest absolute Gasteiger partial charge is 0.454 e. The monoisotopic (exact) mass is 496 g/mol. The van der Waals surface area contributed by atoms with Gasteiger partial charge in [-0.3, -0.25) is 0 Å². The van der Waals surface area contributed by atoms with E-state index < -0.39 is 23.7 Å². The number of benzene rings is 2. The predicted molar refractivity (Wildman–Crippen MR) is 125 cm³/mol. The fourth-order valence-electron chi connectivity index (χ4n) is 6.07. The standard InChI is InChI=1S/C28H33F5O2/c1-2-3-18-4-6-19(7-5-18)20-8-10-21(11-9-20)26-24(29)16-17-25(27(26)30)34-22-12-14-23(15-13-22)35-28(31,32)33/h12-21H,2-11H2,1H3. The minimum atomic E-state index is -4.80. The average Bonchev–Trinajstić information content (AvgIpc) is 2.82. The van der Waals surface area contributed by atoms with Crippen molar-refractivity contribution in [3.05, 3.63) is 53.6 Å². The van der Waals surface area contributed by atoms with Crippen molar-refractivity contribution in [1.82, 2.24) is 0 Å². The predicted octanol–water partition coefficient (Wildman–Crippen LogP) is 9.54. The van der Waals surface area contributed by atoms with E-state index in [9.17, 15) is 17.6 Å². The van der Waals surface area contributed by atoms with Crippen LogP contribution in [0.5, 0.6) is 17.2 Å². The van der Waals surface area contributed by atoms with Crippen LogP contribution in [0.25, 0.3) is 0 Å². The Balaban J connectivity index is 1.38. The highest BCUT2D eigenvalue weighted by Gasteiger charge is 2.34. The van der Waals surface area contributed by atoms with Gasteiger partial charge >= 0.3 is 6.36 Å². The zero-order valence-electron chi connectivity index (χ0n) is 20.1. The Kier molecular flexibility index (Phi) is 8.23. The number of rotatable bonds is 7. The van der Waals surface area contributed by atoms with Crippen LogP contribution in [0.3, 0.4) is 0 Å². The molecule has 0 bridgehead atoms. The minimum absolute atomic E-state index is 0.0598. The highest BCUT2D eigenvalue weighted by molar-refractivity contribution is 5.39. The Bertz CT molecular complexity index is 957. The summed E-state index contributed by atoms with van der Waals surface area (Å²) < 4.78 is 76.4. The zero-order chi connectivity index (χ0) is 25.0. The molecule has 2 nitrogen and oxygen atoms in total. The van der Waals surface area contributed by atoms with Gasteiger partial charge in [0.1, 0.15) is 17.3 Å². The molecule has 2 aliphatic rings. The summed E-state index contributed by atoms with van der Waals surface area (Å²) in [7, 11) is 0. The molecule has 0 radical (unpaired) electrons. The van der Waals surface area contributed by atoms with Crippen LogP contribution < -0.4 is 9.47 Å². The van der Waals surface area contributed by atoms with Gasteiger partial charge in [-0.15, -0.1) is 13.2 Å². The van der Waals surface area contributed by atoms with Gasteiger partial charge in [0, 0.05) is 5.56 Å². The molecular formula is C28H33F5O2. The minimum Gasteiger partial charge on any atom is -0.454 e. The van der Waals surface area contributed by atoms with E-state index in [0.29, 0.717) is 5.92 Å². The van der Waals surface area contributed by atoms with Gasteiger partial charge in [-0.2, -0.15) is 0 Å². The molecule has 0 aliphatic heterocycles. The second-order valence-corrected chi connectivity index (χ2v) is 10.1. The van der Waals surface area contributed by atoms with E-state index in [2.05, 4.69) is 11.7 Å². The first-order valence-corrected chi connectivity index (χ1v) is 12.7. The van der Waals surface area contributed by atoms with Gasteiger partial charge in [0.25, 0.3) is 0 Å². The van der Waals surface area contributed by atoms with E-state index in [-0.39, 0.29) is 23.0 Å². The summed E-state index contributed by atoms with van der Waals surface area (Å²) in [6.07, 6.45) is 6.41. The van der Waals surface area contributed by atoms with Gasteiger partial charge in [-0.1, -0.05) is 32.6 Å². The maximum atomic E-state index is 15.3. The SMILES string of the molecule is CCCC1CCC(C2CCC(c3c(F)ccc(Oc4ccc(OC(F)(F)F)cc4)c3F)CC2)CC1. The van der Waals surface area contributed by atoms with Gasteiger partial charge in [-0.05, 0) is 98.6 Å². The van der Waals surface area contributed by atoms with Gasteiger partial charge in [0.15, 0.2) is 11.6 Å². The summed E-state index contributed by atoms with van der Waals surface area (Å²) in [6, 6.07) is 7.10. The van der Waals surface area contributed by atoms with E-state index >= 15 is 4.39 Å². The highest BCUT2D eigenvalue weighted by atomic mass is 19.4. The highest BCUT2D eigenvalue weighted by Crippen LogP contribution is 2.46. The topological polar surface area (TPSA) is 18.5 Å². The maximum absolute atomic E-state index is 15.3. The lowest BCUT2D eigenvalue weighted by Gasteiger charge is -2.38. The van der Waals surface area contributed by atoms with Crippen LogP contribution in [0.2, 0.25) is 0 Å². The summed E-state index contributed by atoms with van der Waals surface area (Å²) in [5.74, 6) is 0.327. The van der Waals surface area contributed by atoms with E-state index in [1.54, 1.807) is 0 Å². The van der Waals surface area contributed by atoms with Crippen LogP contribution in [0.4, 0.5) is 22.0 Å². The molecule has 0 saturated heterocycles. The van der Waals surface area contributed by atoms with Gasteiger partial charge in [0.2, 0.25) is 0 Å². The number of hydrogen-bond donors (Lipinski definition) is 0. The number of halogens is 5. The summed E-state index contributed by atoms with van der Waals surface area (Å²) in [5, 5.41) is 0. The van der Waals surface area contributed by atoms with Crippen molar-refractivity contribution < 1.29 is 31.4 Å². The molecule has 0 unspecified atom stereocenters. The second-order valence-electron chi connectivity index (χ2n) is 10.1. The first-order valence-electron chi connectivity index (χ1n) is 12.7. The molecule has 192 valence electrons. The third-order valence-corrected chi connectivity index (χ3v) is 7.81. The summed E-state index contributed by atoms with van der Waals surface area (Å²) >= 11 is 0. The zero-order valence-corrected chi connectivity index (χ0v) is 20.1. The van der Waals surface area contributed by atoms with Crippen LogP contribution in [-0.2, 0) is 0 Å². The third-order valence-electron chi connectivity index (χ3n) is 7.81. The molecule has 2 saturated carbocycles. The fourth-order valence-corrected chi connectivity index (χ4v) is 6.07. The summed E-state index contributed by atoms with van der Waals surface area (Å²) in [5.41, 5.74) is 0.0598. The number of alkyl halides is 3.